The van der Waals surface area contributed by atoms with E-state index in [1.165, 1.54) is 15.6 Å². The van der Waals surface area contributed by atoms with Gasteiger partial charge in [0.05, 0.1) is 3.79 Å². The van der Waals surface area contributed by atoms with Gasteiger partial charge in [0.1, 0.15) is 4.21 Å². The molecule has 1 aromatic heterocycles. The highest BCUT2D eigenvalue weighted by molar-refractivity contribution is 9.11. The van der Waals surface area contributed by atoms with Crippen LogP contribution in [0.4, 0.5) is 0 Å². The summed E-state index contributed by atoms with van der Waals surface area (Å²) in [4.78, 5) is 0. The molecule has 1 aromatic rings. The molecule has 4 nitrogen and oxygen atoms in total. The van der Waals surface area contributed by atoms with Crippen LogP contribution in [0, 0.1) is 6.92 Å². The lowest BCUT2D eigenvalue weighted by Gasteiger charge is -2.34. The molecule has 0 atom stereocenters. The van der Waals surface area contributed by atoms with Crippen molar-refractivity contribution >= 4 is 49.7 Å². The summed E-state index contributed by atoms with van der Waals surface area (Å²) in [7, 11) is -1.68. The van der Waals surface area contributed by atoms with Crippen molar-refractivity contribution in [1.82, 2.24) is 9.62 Å². The zero-order valence-corrected chi connectivity index (χ0v) is 13.5. The van der Waals surface area contributed by atoms with E-state index in [4.69, 9.17) is 0 Å². The number of likely N-dealkylation sites (N-methyl/N-ethyl adjacent to an activating group) is 1. The number of halogens is 2. The van der Waals surface area contributed by atoms with Gasteiger partial charge >= 0.3 is 0 Å². The van der Waals surface area contributed by atoms with Gasteiger partial charge in [-0.25, -0.2) is 8.42 Å². The third-order valence-electron chi connectivity index (χ3n) is 2.74. The second-order valence-corrected chi connectivity index (χ2v) is 8.45. The third-order valence-corrected chi connectivity index (χ3v) is 7.24. The summed E-state index contributed by atoms with van der Waals surface area (Å²) in [6.45, 7) is 3.37. The average molecular weight is 362 g/mol. The maximum atomic E-state index is 12.2. The quantitative estimate of drug-likeness (QED) is 0.893. The molecule has 2 rings (SSSR count). The van der Waals surface area contributed by atoms with Crippen LogP contribution in [0.25, 0.3) is 0 Å². The van der Waals surface area contributed by atoms with Crippen molar-refractivity contribution in [3.8, 4) is 0 Å². The summed E-state index contributed by atoms with van der Waals surface area (Å²) < 4.78 is 27.2. The van der Waals surface area contributed by atoms with Crippen molar-refractivity contribution in [3.05, 3.63) is 15.4 Å². The fourth-order valence-electron chi connectivity index (χ4n) is 1.43. The van der Waals surface area contributed by atoms with Gasteiger partial charge in [-0.05, 0) is 34.5 Å². The van der Waals surface area contributed by atoms with E-state index in [1.54, 1.807) is 13.1 Å². The van der Waals surface area contributed by atoms with Crippen LogP contribution >= 0.6 is 39.7 Å². The molecule has 17 heavy (non-hydrogen) atoms. The molecule has 0 unspecified atom stereocenters. The molecule has 0 aromatic carbocycles. The Balaban J connectivity index is 0.00000144. The van der Waals surface area contributed by atoms with Gasteiger partial charge in [0.25, 0.3) is 10.0 Å². The van der Waals surface area contributed by atoms with E-state index in [1.807, 2.05) is 6.92 Å². The maximum absolute atomic E-state index is 12.2. The highest BCUT2D eigenvalue weighted by Crippen LogP contribution is 2.32. The fraction of sp³-hybridized carbons (Fsp3) is 0.556. The summed E-state index contributed by atoms with van der Waals surface area (Å²) >= 11 is 4.62. The first-order valence-corrected chi connectivity index (χ1v) is 7.92. The minimum Gasteiger partial charge on any atom is -0.313 e. The largest absolute Gasteiger partial charge is 0.313 e. The van der Waals surface area contributed by atoms with Crippen LogP contribution in [0.5, 0.6) is 0 Å². The molecule has 0 radical (unpaired) electrons. The first kappa shape index (κ1) is 15.4. The summed E-state index contributed by atoms with van der Waals surface area (Å²) in [6.07, 6.45) is 0. The van der Waals surface area contributed by atoms with Crippen molar-refractivity contribution in [1.29, 1.82) is 0 Å². The van der Waals surface area contributed by atoms with E-state index in [0.29, 0.717) is 4.21 Å². The van der Waals surface area contributed by atoms with Gasteiger partial charge in [0.2, 0.25) is 0 Å². The molecule has 2 heterocycles. The minimum absolute atomic E-state index is 0. The Hall–Kier alpha value is 0.340. The SMILES string of the molecule is Cc1cc(S(=O)(=O)N(C)C2CNC2)sc1Br.Cl. The van der Waals surface area contributed by atoms with Crippen LogP contribution in [0.3, 0.4) is 0 Å². The van der Waals surface area contributed by atoms with E-state index < -0.39 is 10.0 Å². The van der Waals surface area contributed by atoms with Crippen molar-refractivity contribution in [2.75, 3.05) is 20.1 Å². The molecular weight excluding hydrogens is 348 g/mol. The maximum Gasteiger partial charge on any atom is 0.252 e. The van der Waals surface area contributed by atoms with E-state index >= 15 is 0 Å². The minimum atomic E-state index is -3.32. The van der Waals surface area contributed by atoms with Crippen LogP contribution in [0.2, 0.25) is 0 Å². The lowest BCUT2D eigenvalue weighted by Crippen LogP contribution is -2.57. The topological polar surface area (TPSA) is 49.4 Å². The van der Waals surface area contributed by atoms with E-state index in [0.717, 1.165) is 22.4 Å². The molecule has 1 aliphatic heterocycles. The third kappa shape index (κ3) is 2.85. The van der Waals surface area contributed by atoms with Gasteiger partial charge in [0.15, 0.2) is 0 Å². The summed E-state index contributed by atoms with van der Waals surface area (Å²) in [5.41, 5.74) is 0.962. The lowest BCUT2D eigenvalue weighted by molar-refractivity contribution is 0.274. The monoisotopic (exact) mass is 360 g/mol. The predicted octanol–water partition coefficient (Wildman–Crippen LogP) is 1.83. The molecule has 1 saturated heterocycles. The Morgan fingerprint density at radius 2 is 2.12 bits per heavy atom. The summed E-state index contributed by atoms with van der Waals surface area (Å²) in [5.74, 6) is 0. The molecule has 0 spiro atoms. The van der Waals surface area contributed by atoms with Gasteiger partial charge in [-0.1, -0.05) is 0 Å². The molecule has 0 saturated carbocycles. The van der Waals surface area contributed by atoms with Crippen LogP contribution in [-0.4, -0.2) is 38.9 Å². The number of rotatable bonds is 3. The van der Waals surface area contributed by atoms with Gasteiger partial charge in [-0.3, -0.25) is 0 Å². The average Bonchev–Trinajstić information content (AvgIpc) is 2.44. The Morgan fingerprint density at radius 3 is 2.47 bits per heavy atom. The smallest absolute Gasteiger partial charge is 0.252 e. The van der Waals surface area contributed by atoms with Gasteiger partial charge in [-0.15, -0.1) is 23.7 Å². The van der Waals surface area contributed by atoms with E-state index in [2.05, 4.69) is 21.2 Å². The van der Waals surface area contributed by atoms with Gasteiger partial charge in [-0.2, -0.15) is 4.31 Å². The lowest BCUT2D eigenvalue weighted by atomic mass is 10.2. The highest BCUT2D eigenvalue weighted by atomic mass is 79.9. The number of aryl methyl sites for hydroxylation is 1. The van der Waals surface area contributed by atoms with Gasteiger partial charge in [0, 0.05) is 26.2 Å². The van der Waals surface area contributed by atoms with E-state index in [9.17, 15) is 8.42 Å². The second kappa shape index (κ2) is 5.54. The molecule has 98 valence electrons. The number of hydrogen-bond acceptors (Lipinski definition) is 4. The zero-order valence-electron chi connectivity index (χ0n) is 9.44. The Kier molecular flexibility index (Phi) is 5.02. The normalized spacial score (nSPS) is 16.7. The molecule has 1 N–H and O–H groups in total. The first-order valence-electron chi connectivity index (χ1n) is 4.87. The molecular formula is C9H14BrClN2O2S2. The fourth-order valence-corrected chi connectivity index (χ4v) is 5.19. The van der Waals surface area contributed by atoms with Crippen molar-refractivity contribution in [2.45, 2.75) is 17.2 Å². The number of hydrogen-bond donors (Lipinski definition) is 1. The molecule has 0 bridgehead atoms. The standard InChI is InChI=1S/C9H13BrN2O2S2.ClH/c1-6-3-8(15-9(6)10)16(13,14)12(2)7-4-11-5-7;/h3,7,11H,4-5H2,1-2H3;1H. The summed E-state index contributed by atoms with van der Waals surface area (Å²) in [6, 6.07) is 1.80. The molecule has 1 aliphatic rings. The van der Waals surface area contributed by atoms with Gasteiger partial charge < -0.3 is 5.32 Å². The molecule has 8 heteroatoms. The van der Waals surface area contributed by atoms with E-state index in [-0.39, 0.29) is 18.4 Å². The molecule has 1 fully saturated rings. The van der Waals surface area contributed by atoms with Crippen LogP contribution in [0.1, 0.15) is 5.56 Å². The Bertz CT molecular complexity index is 480. The predicted molar refractivity (Wildman–Crippen MR) is 75.6 cm³/mol. The van der Waals surface area contributed by atoms with Crippen molar-refractivity contribution < 1.29 is 8.42 Å². The van der Waals surface area contributed by atoms with Crippen LogP contribution in [-0.2, 0) is 10.0 Å². The highest BCUT2D eigenvalue weighted by Gasteiger charge is 2.32. The zero-order chi connectivity index (χ0) is 11.9. The second-order valence-electron chi connectivity index (χ2n) is 3.86. The van der Waals surface area contributed by atoms with Crippen molar-refractivity contribution in [2.24, 2.45) is 0 Å². The number of nitrogens with one attached hydrogen (secondary N) is 1. The summed E-state index contributed by atoms with van der Waals surface area (Å²) in [5, 5.41) is 3.07. The number of sulfonamides is 1. The van der Waals surface area contributed by atoms with Crippen LogP contribution < -0.4 is 5.32 Å². The first-order chi connectivity index (χ1) is 7.43. The number of thiophene rings is 1. The molecule has 0 aliphatic carbocycles. The Morgan fingerprint density at radius 1 is 1.53 bits per heavy atom. The van der Waals surface area contributed by atoms with Crippen molar-refractivity contribution in [3.63, 3.8) is 0 Å². The Labute approximate surface area is 120 Å². The number of nitrogens with zero attached hydrogens (tertiary/aromatic N) is 1. The molecule has 0 amide bonds. The van der Waals surface area contributed by atoms with Crippen LogP contribution in [0.15, 0.2) is 14.1 Å².